The van der Waals surface area contributed by atoms with Crippen LogP contribution in [0.15, 0.2) is 23.6 Å². The number of hydrogen-bond acceptors (Lipinski definition) is 6. The molecule has 0 aromatic carbocycles. The predicted octanol–water partition coefficient (Wildman–Crippen LogP) is 3.32. The molecule has 120 valence electrons. The molecule has 5 nitrogen and oxygen atoms in total. The fraction of sp³-hybridized carbons (Fsp3) is 0.500. The maximum Gasteiger partial charge on any atom is 0.222 e. The van der Waals surface area contributed by atoms with E-state index in [0.29, 0.717) is 18.0 Å². The minimum atomic E-state index is 0.304. The second-order valence-electron chi connectivity index (χ2n) is 5.83. The van der Waals surface area contributed by atoms with Gasteiger partial charge >= 0.3 is 0 Å². The standard InChI is InChI=1S/C16H25N5S/c1-11(2)21(12(3)4)8-7-18-15-10-13(19-16(17)20-15)14-6-5-9-22-14/h5-6,9-12H,7-8H2,1-4H3,(H3,17,18,19,20). The van der Waals surface area contributed by atoms with Crippen molar-refractivity contribution < 1.29 is 0 Å². The maximum atomic E-state index is 5.83. The molecule has 2 rings (SSSR count). The number of rotatable bonds is 7. The summed E-state index contributed by atoms with van der Waals surface area (Å²) in [6, 6.07) is 7.05. The van der Waals surface area contributed by atoms with Gasteiger partial charge in [-0.2, -0.15) is 4.98 Å². The van der Waals surface area contributed by atoms with Crippen molar-refractivity contribution in [1.82, 2.24) is 14.9 Å². The van der Waals surface area contributed by atoms with Gasteiger partial charge in [0.1, 0.15) is 5.82 Å². The molecule has 0 fully saturated rings. The first kappa shape index (κ1) is 16.7. The van der Waals surface area contributed by atoms with Crippen molar-refractivity contribution in [2.75, 3.05) is 24.1 Å². The minimum absolute atomic E-state index is 0.304. The highest BCUT2D eigenvalue weighted by atomic mass is 32.1. The van der Waals surface area contributed by atoms with Crippen LogP contribution in [0.5, 0.6) is 0 Å². The summed E-state index contributed by atoms with van der Waals surface area (Å²) in [5, 5.41) is 5.39. The van der Waals surface area contributed by atoms with Crippen molar-refractivity contribution in [3.05, 3.63) is 23.6 Å². The third-order valence-electron chi connectivity index (χ3n) is 3.52. The van der Waals surface area contributed by atoms with E-state index in [1.54, 1.807) is 11.3 Å². The van der Waals surface area contributed by atoms with Crippen LogP contribution < -0.4 is 11.1 Å². The van der Waals surface area contributed by atoms with Gasteiger partial charge in [-0.1, -0.05) is 6.07 Å². The molecule has 3 N–H and O–H groups in total. The molecule has 0 aliphatic rings. The molecule has 2 aromatic heterocycles. The molecule has 2 heterocycles. The lowest BCUT2D eigenvalue weighted by Gasteiger charge is -2.30. The number of thiophene rings is 1. The van der Waals surface area contributed by atoms with Crippen LogP contribution in [0, 0.1) is 0 Å². The third-order valence-corrected chi connectivity index (χ3v) is 4.41. The quantitative estimate of drug-likeness (QED) is 0.819. The normalized spacial score (nSPS) is 11.6. The van der Waals surface area contributed by atoms with E-state index in [4.69, 9.17) is 5.73 Å². The molecule has 0 atom stereocenters. The highest BCUT2D eigenvalue weighted by molar-refractivity contribution is 7.13. The molecule has 22 heavy (non-hydrogen) atoms. The molecule has 0 aliphatic heterocycles. The molecule has 6 heteroatoms. The van der Waals surface area contributed by atoms with Crippen molar-refractivity contribution in [3.63, 3.8) is 0 Å². The highest BCUT2D eigenvalue weighted by Gasteiger charge is 2.13. The van der Waals surface area contributed by atoms with E-state index in [0.717, 1.165) is 29.5 Å². The van der Waals surface area contributed by atoms with Gasteiger partial charge in [-0.15, -0.1) is 11.3 Å². The van der Waals surface area contributed by atoms with E-state index in [2.05, 4.69) is 47.9 Å². The summed E-state index contributed by atoms with van der Waals surface area (Å²) in [5.41, 5.74) is 6.70. The molecule has 0 aliphatic carbocycles. The molecule has 0 radical (unpaired) electrons. The summed E-state index contributed by atoms with van der Waals surface area (Å²) >= 11 is 1.65. The Labute approximate surface area is 136 Å². The Morgan fingerprint density at radius 2 is 1.95 bits per heavy atom. The van der Waals surface area contributed by atoms with Crippen molar-refractivity contribution >= 4 is 23.1 Å². The molecule has 2 aromatic rings. The molecule has 0 amide bonds. The summed E-state index contributed by atoms with van der Waals surface area (Å²) in [6.45, 7) is 10.7. The van der Waals surface area contributed by atoms with Gasteiger partial charge in [0.15, 0.2) is 0 Å². The topological polar surface area (TPSA) is 67.1 Å². The number of nitrogens with zero attached hydrogens (tertiary/aromatic N) is 3. The van der Waals surface area contributed by atoms with Gasteiger partial charge < -0.3 is 11.1 Å². The Hall–Kier alpha value is -1.66. The largest absolute Gasteiger partial charge is 0.369 e. The van der Waals surface area contributed by atoms with Crippen LogP contribution in [0.2, 0.25) is 0 Å². The van der Waals surface area contributed by atoms with Crippen LogP contribution in [0.3, 0.4) is 0 Å². The first-order valence-corrected chi connectivity index (χ1v) is 8.53. The lowest BCUT2D eigenvalue weighted by atomic mass is 10.2. The van der Waals surface area contributed by atoms with E-state index in [-0.39, 0.29) is 0 Å². The Morgan fingerprint density at radius 1 is 1.23 bits per heavy atom. The maximum absolute atomic E-state index is 5.83. The van der Waals surface area contributed by atoms with Crippen molar-refractivity contribution in [1.29, 1.82) is 0 Å². The predicted molar refractivity (Wildman–Crippen MR) is 95.2 cm³/mol. The van der Waals surface area contributed by atoms with Crippen LogP contribution in [0.1, 0.15) is 27.7 Å². The average Bonchev–Trinajstić information content (AvgIpc) is 2.96. The molecule has 0 saturated carbocycles. The van der Waals surface area contributed by atoms with Crippen LogP contribution in [0.4, 0.5) is 11.8 Å². The summed E-state index contributed by atoms with van der Waals surface area (Å²) in [6.07, 6.45) is 0. The van der Waals surface area contributed by atoms with Crippen molar-refractivity contribution in [3.8, 4) is 10.6 Å². The Bertz CT molecular complexity index is 572. The number of nitrogens with two attached hydrogens (primary N) is 1. The van der Waals surface area contributed by atoms with Gasteiger partial charge in [0.05, 0.1) is 10.6 Å². The smallest absolute Gasteiger partial charge is 0.222 e. The summed E-state index contributed by atoms with van der Waals surface area (Å²) in [7, 11) is 0. The van der Waals surface area contributed by atoms with Gasteiger partial charge in [0.2, 0.25) is 5.95 Å². The lowest BCUT2D eigenvalue weighted by molar-refractivity contribution is 0.182. The molecular formula is C16H25N5S. The van der Waals surface area contributed by atoms with E-state index in [1.807, 2.05) is 23.6 Å². The third kappa shape index (κ3) is 4.42. The monoisotopic (exact) mass is 319 g/mol. The highest BCUT2D eigenvalue weighted by Crippen LogP contribution is 2.25. The van der Waals surface area contributed by atoms with Crippen molar-refractivity contribution in [2.24, 2.45) is 0 Å². The van der Waals surface area contributed by atoms with Crippen LogP contribution in [-0.2, 0) is 0 Å². The number of nitrogen functional groups attached to an aromatic ring is 1. The fourth-order valence-corrected chi connectivity index (χ4v) is 3.22. The van der Waals surface area contributed by atoms with Gasteiger partial charge in [0, 0.05) is 31.2 Å². The van der Waals surface area contributed by atoms with E-state index in [9.17, 15) is 0 Å². The molecular weight excluding hydrogens is 294 g/mol. The van der Waals surface area contributed by atoms with Crippen LogP contribution >= 0.6 is 11.3 Å². The van der Waals surface area contributed by atoms with Crippen LogP contribution in [-0.4, -0.2) is 40.0 Å². The number of anilines is 2. The molecule has 0 unspecified atom stereocenters. The SMILES string of the molecule is CC(C)N(CCNc1cc(-c2cccs2)nc(N)n1)C(C)C. The molecule has 0 bridgehead atoms. The number of hydrogen-bond donors (Lipinski definition) is 2. The Kier molecular flexibility index (Phi) is 5.74. The van der Waals surface area contributed by atoms with E-state index >= 15 is 0 Å². The second-order valence-corrected chi connectivity index (χ2v) is 6.77. The van der Waals surface area contributed by atoms with Gasteiger partial charge in [0.25, 0.3) is 0 Å². The minimum Gasteiger partial charge on any atom is -0.369 e. The van der Waals surface area contributed by atoms with Gasteiger partial charge in [-0.05, 0) is 39.1 Å². The summed E-state index contributed by atoms with van der Waals surface area (Å²) in [5.74, 6) is 1.08. The van der Waals surface area contributed by atoms with Gasteiger partial charge in [-0.25, -0.2) is 4.98 Å². The first-order valence-electron chi connectivity index (χ1n) is 7.65. The van der Waals surface area contributed by atoms with Crippen molar-refractivity contribution in [2.45, 2.75) is 39.8 Å². The molecule has 0 saturated heterocycles. The lowest BCUT2D eigenvalue weighted by Crippen LogP contribution is -2.40. The van der Waals surface area contributed by atoms with E-state index in [1.165, 1.54) is 0 Å². The average molecular weight is 319 g/mol. The Morgan fingerprint density at radius 3 is 2.55 bits per heavy atom. The number of nitrogens with one attached hydrogen (secondary N) is 1. The van der Waals surface area contributed by atoms with Crippen LogP contribution in [0.25, 0.3) is 10.6 Å². The zero-order chi connectivity index (χ0) is 16.1. The zero-order valence-corrected chi connectivity index (χ0v) is 14.5. The van der Waals surface area contributed by atoms with Gasteiger partial charge in [-0.3, -0.25) is 4.90 Å². The second kappa shape index (κ2) is 7.56. The molecule has 0 spiro atoms. The van der Waals surface area contributed by atoms with E-state index < -0.39 is 0 Å². The summed E-state index contributed by atoms with van der Waals surface area (Å²) < 4.78 is 0. The number of aromatic nitrogens is 2. The zero-order valence-electron chi connectivity index (χ0n) is 13.7. The fourth-order valence-electron chi connectivity index (χ4n) is 2.53. The summed E-state index contributed by atoms with van der Waals surface area (Å²) in [4.78, 5) is 12.1. The first-order chi connectivity index (χ1) is 10.5. The Balaban J connectivity index is 2.01.